The van der Waals surface area contributed by atoms with Crippen molar-refractivity contribution in [2.75, 3.05) is 0 Å². The molecule has 1 aliphatic rings. The zero-order valence-corrected chi connectivity index (χ0v) is 9.93. The lowest BCUT2D eigenvalue weighted by Gasteiger charge is -2.16. The third kappa shape index (κ3) is 3.01. The number of hydrogen-bond donors (Lipinski definition) is 2. The molecule has 5 nitrogen and oxygen atoms in total. The summed E-state index contributed by atoms with van der Waals surface area (Å²) in [6.07, 6.45) is 2.28. The highest BCUT2D eigenvalue weighted by atomic mass is 16.2. The molecule has 1 unspecified atom stereocenters. The van der Waals surface area contributed by atoms with Crippen LogP contribution < -0.4 is 11.1 Å². The summed E-state index contributed by atoms with van der Waals surface area (Å²) >= 11 is 0. The van der Waals surface area contributed by atoms with Crippen molar-refractivity contribution < 1.29 is 9.59 Å². The Morgan fingerprint density at radius 3 is 2.56 bits per heavy atom. The lowest BCUT2D eigenvalue weighted by atomic mass is 10.1. The molecule has 0 saturated carbocycles. The monoisotopic (exact) mass is 245 g/mol. The van der Waals surface area contributed by atoms with Gasteiger partial charge in [0, 0.05) is 6.42 Å². The first-order valence-electron chi connectivity index (χ1n) is 5.88. The second-order valence-corrected chi connectivity index (χ2v) is 4.20. The predicted molar refractivity (Wildman–Crippen MR) is 67.9 cm³/mol. The Bertz CT molecular complexity index is 482. The van der Waals surface area contributed by atoms with Gasteiger partial charge in [-0.05, 0) is 18.4 Å². The van der Waals surface area contributed by atoms with E-state index in [-0.39, 0.29) is 0 Å². The molecule has 1 heterocycles. The SMILES string of the molecule is NC1C(=O)N=C(CCCc2ccccc2)NC1=O. The van der Waals surface area contributed by atoms with E-state index in [1.165, 1.54) is 5.56 Å². The fourth-order valence-electron chi connectivity index (χ4n) is 1.79. The Kier molecular flexibility index (Phi) is 3.84. The average molecular weight is 245 g/mol. The summed E-state index contributed by atoms with van der Waals surface area (Å²) in [5.74, 6) is -0.610. The molecule has 1 aliphatic heterocycles. The highest BCUT2D eigenvalue weighted by Crippen LogP contribution is 2.06. The maximum atomic E-state index is 11.3. The molecule has 18 heavy (non-hydrogen) atoms. The fourth-order valence-corrected chi connectivity index (χ4v) is 1.79. The fraction of sp³-hybridized carbons (Fsp3) is 0.308. The minimum Gasteiger partial charge on any atom is -0.312 e. The van der Waals surface area contributed by atoms with Crippen LogP contribution in [0.25, 0.3) is 0 Å². The third-order valence-corrected chi connectivity index (χ3v) is 2.78. The molecule has 0 radical (unpaired) electrons. The van der Waals surface area contributed by atoms with Gasteiger partial charge < -0.3 is 11.1 Å². The van der Waals surface area contributed by atoms with Crippen LogP contribution in [0.3, 0.4) is 0 Å². The van der Waals surface area contributed by atoms with Gasteiger partial charge in [0.1, 0.15) is 5.84 Å². The zero-order chi connectivity index (χ0) is 13.0. The number of rotatable bonds is 4. The van der Waals surface area contributed by atoms with Gasteiger partial charge in [-0.2, -0.15) is 4.99 Å². The van der Waals surface area contributed by atoms with Crippen LogP contribution in [0.2, 0.25) is 0 Å². The summed E-state index contributed by atoms with van der Waals surface area (Å²) in [4.78, 5) is 26.4. The number of nitrogens with one attached hydrogen (secondary N) is 1. The molecule has 2 amide bonds. The quantitative estimate of drug-likeness (QED) is 0.753. The molecule has 1 atom stereocenters. The number of benzene rings is 1. The highest BCUT2D eigenvalue weighted by molar-refractivity contribution is 6.18. The Labute approximate surface area is 105 Å². The second kappa shape index (κ2) is 5.55. The van der Waals surface area contributed by atoms with E-state index in [1.54, 1.807) is 0 Å². The molecule has 0 aliphatic carbocycles. The molecule has 94 valence electrons. The van der Waals surface area contributed by atoms with Gasteiger partial charge in [-0.25, -0.2) is 0 Å². The molecule has 3 N–H and O–H groups in total. The molecule has 0 bridgehead atoms. The number of nitrogens with zero attached hydrogens (tertiary/aromatic N) is 1. The Hall–Kier alpha value is -2.01. The predicted octanol–water partition coefficient (Wildman–Crippen LogP) is 0.391. The molecule has 0 saturated heterocycles. The third-order valence-electron chi connectivity index (χ3n) is 2.78. The van der Waals surface area contributed by atoms with Crippen molar-refractivity contribution in [2.24, 2.45) is 10.7 Å². The Morgan fingerprint density at radius 2 is 1.89 bits per heavy atom. The van der Waals surface area contributed by atoms with Gasteiger partial charge in [0.05, 0.1) is 0 Å². The number of amidine groups is 1. The van der Waals surface area contributed by atoms with E-state index >= 15 is 0 Å². The van der Waals surface area contributed by atoms with Crippen LogP contribution in [-0.4, -0.2) is 23.7 Å². The number of nitrogens with two attached hydrogens (primary N) is 1. The minimum atomic E-state index is -1.15. The zero-order valence-electron chi connectivity index (χ0n) is 9.93. The first kappa shape index (κ1) is 12.4. The van der Waals surface area contributed by atoms with E-state index in [0.717, 1.165) is 12.8 Å². The van der Waals surface area contributed by atoms with E-state index in [2.05, 4.69) is 10.3 Å². The van der Waals surface area contributed by atoms with Crippen molar-refractivity contribution in [3.05, 3.63) is 35.9 Å². The summed E-state index contributed by atoms with van der Waals surface area (Å²) in [6.45, 7) is 0. The van der Waals surface area contributed by atoms with Crippen LogP contribution in [0.4, 0.5) is 0 Å². The standard InChI is InChI=1S/C13H15N3O2/c14-11-12(17)15-10(16-13(11)18)8-4-7-9-5-2-1-3-6-9/h1-3,5-6,11H,4,7-8,14H2,(H,15,16,17,18). The molecule has 5 heteroatoms. The molecule has 0 aromatic heterocycles. The maximum Gasteiger partial charge on any atom is 0.273 e. The highest BCUT2D eigenvalue weighted by Gasteiger charge is 2.27. The molecule has 1 aromatic carbocycles. The van der Waals surface area contributed by atoms with Gasteiger partial charge in [0.15, 0.2) is 6.04 Å². The van der Waals surface area contributed by atoms with Crippen molar-refractivity contribution in [1.82, 2.24) is 5.32 Å². The topological polar surface area (TPSA) is 84.6 Å². The van der Waals surface area contributed by atoms with Crippen LogP contribution in [0.5, 0.6) is 0 Å². The van der Waals surface area contributed by atoms with Crippen molar-refractivity contribution >= 4 is 17.6 Å². The summed E-state index contributed by atoms with van der Waals surface area (Å²) in [5, 5.41) is 2.55. The van der Waals surface area contributed by atoms with Gasteiger partial charge in [-0.1, -0.05) is 30.3 Å². The van der Waals surface area contributed by atoms with E-state index in [4.69, 9.17) is 5.73 Å². The smallest absolute Gasteiger partial charge is 0.273 e. The molecule has 0 spiro atoms. The van der Waals surface area contributed by atoms with E-state index in [0.29, 0.717) is 12.3 Å². The number of carbonyl (C=O) groups is 2. The molecular formula is C13H15N3O2. The first-order chi connectivity index (χ1) is 8.66. The van der Waals surface area contributed by atoms with Crippen LogP contribution >= 0.6 is 0 Å². The molecule has 1 aromatic rings. The summed E-state index contributed by atoms with van der Waals surface area (Å²) < 4.78 is 0. The minimum absolute atomic E-state index is 0.419. The summed E-state index contributed by atoms with van der Waals surface area (Å²) in [5.41, 5.74) is 6.56. The van der Waals surface area contributed by atoms with Crippen molar-refractivity contribution in [3.63, 3.8) is 0 Å². The maximum absolute atomic E-state index is 11.3. The largest absolute Gasteiger partial charge is 0.312 e. The number of hydrogen-bond acceptors (Lipinski definition) is 3. The Balaban J connectivity index is 1.86. The van der Waals surface area contributed by atoms with Crippen molar-refractivity contribution in [1.29, 1.82) is 0 Å². The second-order valence-electron chi connectivity index (χ2n) is 4.20. The lowest BCUT2D eigenvalue weighted by Crippen LogP contribution is -2.51. The van der Waals surface area contributed by atoms with Crippen LogP contribution in [-0.2, 0) is 16.0 Å². The summed E-state index contributed by atoms with van der Waals surface area (Å²) in [6, 6.07) is 8.87. The molecule has 0 fully saturated rings. The van der Waals surface area contributed by atoms with Gasteiger partial charge >= 0.3 is 0 Å². The number of aryl methyl sites for hydroxylation is 1. The van der Waals surface area contributed by atoms with Crippen molar-refractivity contribution in [3.8, 4) is 0 Å². The number of amides is 2. The molecule has 2 rings (SSSR count). The van der Waals surface area contributed by atoms with Gasteiger partial charge in [0.25, 0.3) is 11.8 Å². The lowest BCUT2D eigenvalue weighted by molar-refractivity contribution is -0.129. The van der Waals surface area contributed by atoms with Crippen LogP contribution in [0.15, 0.2) is 35.3 Å². The molecular weight excluding hydrogens is 230 g/mol. The van der Waals surface area contributed by atoms with E-state index in [1.807, 2.05) is 30.3 Å². The summed E-state index contributed by atoms with van der Waals surface area (Å²) in [7, 11) is 0. The van der Waals surface area contributed by atoms with E-state index < -0.39 is 17.9 Å². The van der Waals surface area contributed by atoms with Gasteiger partial charge in [0.2, 0.25) is 0 Å². The first-order valence-corrected chi connectivity index (χ1v) is 5.88. The average Bonchev–Trinajstić information content (AvgIpc) is 2.37. The van der Waals surface area contributed by atoms with E-state index in [9.17, 15) is 9.59 Å². The van der Waals surface area contributed by atoms with Crippen LogP contribution in [0.1, 0.15) is 18.4 Å². The van der Waals surface area contributed by atoms with Gasteiger partial charge in [-0.3, -0.25) is 9.59 Å². The van der Waals surface area contributed by atoms with Crippen LogP contribution in [0, 0.1) is 0 Å². The normalized spacial score (nSPS) is 19.4. The number of carbonyl (C=O) groups excluding carboxylic acids is 2. The van der Waals surface area contributed by atoms with Crippen molar-refractivity contribution in [2.45, 2.75) is 25.3 Å². The van der Waals surface area contributed by atoms with Gasteiger partial charge in [-0.15, -0.1) is 0 Å². The Morgan fingerprint density at radius 1 is 1.17 bits per heavy atom. The number of aliphatic imine (C=N–C) groups is 1.